The number of fused-ring (bicyclic) bond motifs is 3. The van der Waals surface area contributed by atoms with Crippen LogP contribution in [0.4, 0.5) is 5.69 Å². The van der Waals surface area contributed by atoms with Crippen LogP contribution in [0, 0.1) is 17.0 Å². The van der Waals surface area contributed by atoms with Crippen molar-refractivity contribution < 1.29 is 19.2 Å². The highest BCUT2D eigenvalue weighted by Gasteiger charge is 2.19. The second-order valence-electron chi connectivity index (χ2n) is 6.45. The average Bonchev–Trinajstić information content (AvgIpc) is 3.04. The van der Waals surface area contributed by atoms with Gasteiger partial charge in [-0.25, -0.2) is 0 Å². The fourth-order valence-corrected chi connectivity index (χ4v) is 3.24. The number of rotatable bonds is 4. The molecule has 1 aromatic heterocycles. The number of hydrogen-bond donors (Lipinski definition) is 1. The van der Waals surface area contributed by atoms with Crippen molar-refractivity contribution in [1.82, 2.24) is 5.32 Å². The molecule has 0 fully saturated rings. The van der Waals surface area contributed by atoms with Crippen LogP contribution < -0.4 is 10.4 Å². The van der Waals surface area contributed by atoms with Gasteiger partial charge in [-0.2, -0.15) is 0 Å². The van der Waals surface area contributed by atoms with Gasteiger partial charge in [0.25, 0.3) is 11.6 Å². The normalized spacial score (nSPS) is 11.0. The van der Waals surface area contributed by atoms with Crippen molar-refractivity contribution in [3.8, 4) is 5.75 Å². The SMILES string of the molecule is Cc1c(C(=O)NCc2cc([N+](=O)[O-])ccc2[O-])oc2c1ccc1ccccc12. The van der Waals surface area contributed by atoms with E-state index in [0.29, 0.717) is 11.1 Å². The van der Waals surface area contributed by atoms with E-state index in [1.165, 1.54) is 6.07 Å². The lowest BCUT2D eigenvalue weighted by atomic mass is 10.1. The zero-order valence-corrected chi connectivity index (χ0v) is 14.9. The molecule has 4 rings (SSSR count). The molecule has 1 heterocycles. The van der Waals surface area contributed by atoms with Crippen LogP contribution in [0.25, 0.3) is 21.7 Å². The maximum Gasteiger partial charge on any atom is 0.287 e. The molecule has 0 atom stereocenters. The summed E-state index contributed by atoms with van der Waals surface area (Å²) in [5.74, 6) is -0.703. The molecule has 140 valence electrons. The summed E-state index contributed by atoms with van der Waals surface area (Å²) < 4.78 is 5.86. The van der Waals surface area contributed by atoms with E-state index in [-0.39, 0.29) is 29.3 Å². The molecule has 0 saturated carbocycles. The van der Waals surface area contributed by atoms with Crippen molar-refractivity contribution >= 4 is 33.3 Å². The van der Waals surface area contributed by atoms with Crippen LogP contribution in [-0.2, 0) is 6.54 Å². The lowest BCUT2D eigenvalue weighted by Crippen LogP contribution is -2.23. The van der Waals surface area contributed by atoms with Gasteiger partial charge in [0.05, 0.1) is 4.92 Å². The third kappa shape index (κ3) is 2.92. The number of hydrogen-bond acceptors (Lipinski definition) is 5. The minimum absolute atomic E-state index is 0.128. The zero-order chi connectivity index (χ0) is 19.8. The largest absolute Gasteiger partial charge is 0.872 e. The van der Waals surface area contributed by atoms with Crippen molar-refractivity contribution in [3.63, 3.8) is 0 Å². The predicted molar refractivity (Wildman–Crippen MR) is 102 cm³/mol. The highest BCUT2D eigenvalue weighted by molar-refractivity contribution is 6.08. The highest BCUT2D eigenvalue weighted by Crippen LogP contribution is 2.31. The predicted octanol–water partition coefficient (Wildman–Crippen LogP) is 3.81. The number of aryl methyl sites for hydroxylation is 1. The lowest BCUT2D eigenvalue weighted by Gasteiger charge is -2.13. The molecule has 0 bridgehead atoms. The molecule has 0 aliphatic carbocycles. The second-order valence-corrected chi connectivity index (χ2v) is 6.45. The summed E-state index contributed by atoms with van der Waals surface area (Å²) in [6, 6.07) is 15.0. The van der Waals surface area contributed by atoms with Gasteiger partial charge in [0.2, 0.25) is 0 Å². The van der Waals surface area contributed by atoms with Gasteiger partial charge >= 0.3 is 0 Å². The van der Waals surface area contributed by atoms with Crippen molar-refractivity contribution in [1.29, 1.82) is 0 Å². The summed E-state index contributed by atoms with van der Waals surface area (Å²) in [5.41, 5.74) is 1.26. The summed E-state index contributed by atoms with van der Waals surface area (Å²) in [6.45, 7) is 1.67. The standard InChI is InChI=1S/C21H16N2O5/c1-12-16-8-6-13-4-2-3-5-17(13)20(16)28-19(12)21(25)22-11-14-10-15(23(26)27)7-9-18(14)24/h2-10,24H,11H2,1H3,(H,22,25)/p-1. The van der Waals surface area contributed by atoms with Gasteiger partial charge in [-0.15, -0.1) is 5.75 Å². The molecular formula is C21H15N2O5-. The molecule has 0 aliphatic heterocycles. The molecule has 0 unspecified atom stereocenters. The monoisotopic (exact) mass is 375 g/mol. The van der Waals surface area contributed by atoms with Crippen LogP contribution in [0.3, 0.4) is 0 Å². The van der Waals surface area contributed by atoms with E-state index in [9.17, 15) is 20.0 Å². The number of amides is 1. The van der Waals surface area contributed by atoms with Crippen LogP contribution in [0.5, 0.6) is 5.75 Å². The van der Waals surface area contributed by atoms with Gasteiger partial charge < -0.3 is 14.8 Å². The van der Waals surface area contributed by atoms with Gasteiger partial charge in [0.15, 0.2) is 5.76 Å². The molecule has 0 saturated heterocycles. The first-order valence-electron chi connectivity index (χ1n) is 8.59. The molecule has 1 N–H and O–H groups in total. The van der Waals surface area contributed by atoms with Crippen molar-refractivity contribution in [2.24, 2.45) is 0 Å². The number of benzene rings is 3. The fraction of sp³-hybridized carbons (Fsp3) is 0.0952. The van der Waals surface area contributed by atoms with Crippen LogP contribution in [0.2, 0.25) is 0 Å². The number of carbonyl (C=O) groups is 1. The Morgan fingerprint density at radius 3 is 2.68 bits per heavy atom. The number of nitrogens with zero attached hydrogens (tertiary/aromatic N) is 1. The summed E-state index contributed by atoms with van der Waals surface area (Å²) in [5, 5.41) is 28.1. The molecule has 3 aromatic carbocycles. The third-order valence-corrected chi connectivity index (χ3v) is 4.73. The molecular weight excluding hydrogens is 360 g/mol. The molecule has 0 radical (unpaired) electrons. The van der Waals surface area contributed by atoms with Crippen molar-refractivity contribution in [2.45, 2.75) is 13.5 Å². The average molecular weight is 375 g/mol. The Labute approximate surface area is 159 Å². The first-order chi connectivity index (χ1) is 13.5. The maximum atomic E-state index is 12.6. The van der Waals surface area contributed by atoms with Gasteiger partial charge in [-0.1, -0.05) is 42.5 Å². The topological polar surface area (TPSA) is 108 Å². The molecule has 1 amide bonds. The third-order valence-electron chi connectivity index (χ3n) is 4.73. The number of nitro benzene ring substituents is 1. The number of furan rings is 1. The number of non-ortho nitro benzene ring substituents is 1. The van der Waals surface area contributed by atoms with Crippen LogP contribution in [0.15, 0.2) is 59.0 Å². The molecule has 0 spiro atoms. The number of nitrogens with one attached hydrogen (secondary N) is 1. The highest BCUT2D eigenvalue weighted by atomic mass is 16.6. The Kier molecular flexibility index (Phi) is 4.19. The minimum Gasteiger partial charge on any atom is -0.872 e. The maximum absolute atomic E-state index is 12.6. The number of carbonyl (C=O) groups excluding carboxylic acids is 1. The molecule has 7 nitrogen and oxygen atoms in total. The summed E-state index contributed by atoms with van der Waals surface area (Å²) in [7, 11) is 0. The Balaban J connectivity index is 1.65. The van der Waals surface area contributed by atoms with E-state index in [2.05, 4.69) is 5.32 Å². The molecule has 28 heavy (non-hydrogen) atoms. The fourth-order valence-electron chi connectivity index (χ4n) is 3.24. The molecule has 7 heteroatoms. The Hall–Kier alpha value is -3.87. The van der Waals surface area contributed by atoms with Crippen LogP contribution >= 0.6 is 0 Å². The Morgan fingerprint density at radius 2 is 1.89 bits per heavy atom. The van der Waals surface area contributed by atoms with E-state index in [1.807, 2.05) is 36.4 Å². The van der Waals surface area contributed by atoms with Gasteiger partial charge in [0.1, 0.15) is 5.58 Å². The smallest absolute Gasteiger partial charge is 0.287 e. The molecule has 4 aromatic rings. The van der Waals surface area contributed by atoms with E-state index >= 15 is 0 Å². The van der Waals surface area contributed by atoms with E-state index in [4.69, 9.17) is 4.42 Å². The first-order valence-corrected chi connectivity index (χ1v) is 8.59. The first kappa shape index (κ1) is 17.5. The lowest BCUT2D eigenvalue weighted by molar-refractivity contribution is -0.385. The summed E-state index contributed by atoms with van der Waals surface area (Å²) in [6.07, 6.45) is 0. The Morgan fingerprint density at radius 1 is 1.11 bits per heavy atom. The number of nitro groups is 1. The van der Waals surface area contributed by atoms with Crippen LogP contribution in [0.1, 0.15) is 21.7 Å². The van der Waals surface area contributed by atoms with Crippen molar-refractivity contribution in [3.05, 3.63) is 81.6 Å². The zero-order valence-electron chi connectivity index (χ0n) is 14.9. The minimum atomic E-state index is -0.584. The summed E-state index contributed by atoms with van der Waals surface area (Å²) in [4.78, 5) is 22.9. The van der Waals surface area contributed by atoms with Crippen LogP contribution in [-0.4, -0.2) is 10.8 Å². The molecule has 0 aliphatic rings. The van der Waals surface area contributed by atoms with Gasteiger partial charge in [-0.05, 0) is 17.9 Å². The van der Waals surface area contributed by atoms with E-state index < -0.39 is 10.8 Å². The summed E-state index contributed by atoms with van der Waals surface area (Å²) >= 11 is 0. The Bertz CT molecular complexity index is 1240. The van der Waals surface area contributed by atoms with E-state index in [0.717, 1.165) is 28.3 Å². The van der Waals surface area contributed by atoms with Gasteiger partial charge in [0, 0.05) is 35.0 Å². The van der Waals surface area contributed by atoms with Crippen molar-refractivity contribution in [2.75, 3.05) is 0 Å². The quantitative estimate of drug-likeness (QED) is 0.431. The van der Waals surface area contributed by atoms with Gasteiger partial charge in [-0.3, -0.25) is 14.9 Å². The second kappa shape index (κ2) is 6.70. The van der Waals surface area contributed by atoms with E-state index in [1.54, 1.807) is 6.92 Å².